The van der Waals surface area contributed by atoms with Crippen LogP contribution < -0.4 is 5.32 Å². The van der Waals surface area contributed by atoms with Gasteiger partial charge in [0, 0.05) is 25.6 Å². The van der Waals surface area contributed by atoms with Crippen LogP contribution in [0.5, 0.6) is 0 Å². The van der Waals surface area contributed by atoms with E-state index in [-0.39, 0.29) is 17.8 Å². The van der Waals surface area contributed by atoms with E-state index in [1.54, 1.807) is 6.07 Å². The molecule has 1 aromatic carbocycles. The zero-order chi connectivity index (χ0) is 14.5. The summed E-state index contributed by atoms with van der Waals surface area (Å²) in [5.74, 6) is -0.0622. The predicted molar refractivity (Wildman–Crippen MR) is 77.9 cm³/mol. The van der Waals surface area contributed by atoms with Gasteiger partial charge in [0.05, 0.1) is 0 Å². The summed E-state index contributed by atoms with van der Waals surface area (Å²) in [4.78, 5) is 13.8. The van der Waals surface area contributed by atoms with Gasteiger partial charge in [-0.15, -0.1) is 0 Å². The van der Waals surface area contributed by atoms with Crippen molar-refractivity contribution in [2.75, 3.05) is 13.1 Å². The molecule has 4 heteroatoms. The Hall–Kier alpha value is -1.42. The van der Waals surface area contributed by atoms with Crippen LogP contribution in [0.1, 0.15) is 37.3 Å². The molecule has 3 nitrogen and oxygen atoms in total. The van der Waals surface area contributed by atoms with E-state index >= 15 is 0 Å². The lowest BCUT2D eigenvalue weighted by Crippen LogP contribution is -2.47. The largest absolute Gasteiger partial charge is 0.352 e. The second kappa shape index (κ2) is 6.84. The third kappa shape index (κ3) is 4.04. The number of nitrogens with zero attached hydrogens (tertiary/aromatic N) is 1. The number of rotatable bonds is 4. The van der Waals surface area contributed by atoms with E-state index < -0.39 is 0 Å². The van der Waals surface area contributed by atoms with Crippen LogP contribution >= 0.6 is 0 Å². The first-order valence-corrected chi connectivity index (χ1v) is 7.35. The van der Waals surface area contributed by atoms with Crippen LogP contribution in [0.4, 0.5) is 4.39 Å². The summed E-state index contributed by atoms with van der Waals surface area (Å²) in [6, 6.07) is 5.20. The normalized spacial score (nSPS) is 19.9. The van der Waals surface area contributed by atoms with Gasteiger partial charge in [-0.05, 0) is 49.6 Å². The Balaban J connectivity index is 1.94. The maximum atomic E-state index is 13.1. The first-order chi connectivity index (χ1) is 9.58. The van der Waals surface area contributed by atoms with E-state index in [1.807, 2.05) is 19.9 Å². The standard InChI is InChI=1S/C16H23FN2O/c1-3-16(20)18-15-5-4-8-19(11-15)10-13-6-7-14(17)9-12(13)2/h6-7,9,15H,3-5,8,10-11H2,1-2H3,(H,18,20)/t15-/m1/s1. The summed E-state index contributed by atoms with van der Waals surface area (Å²) in [6.45, 7) is 6.55. The molecule has 1 fully saturated rings. The zero-order valence-electron chi connectivity index (χ0n) is 12.3. The molecule has 1 heterocycles. The van der Waals surface area contributed by atoms with Gasteiger partial charge in [-0.2, -0.15) is 0 Å². The molecule has 1 atom stereocenters. The number of aryl methyl sites for hydroxylation is 1. The van der Waals surface area contributed by atoms with Gasteiger partial charge in [0.15, 0.2) is 0 Å². The number of nitrogens with one attached hydrogen (secondary N) is 1. The molecule has 0 saturated carbocycles. The van der Waals surface area contributed by atoms with E-state index in [1.165, 1.54) is 6.07 Å². The number of carbonyl (C=O) groups is 1. The lowest BCUT2D eigenvalue weighted by Gasteiger charge is -2.33. The first-order valence-electron chi connectivity index (χ1n) is 7.35. The fraction of sp³-hybridized carbons (Fsp3) is 0.562. The van der Waals surface area contributed by atoms with Crippen molar-refractivity contribution in [2.45, 2.75) is 45.7 Å². The quantitative estimate of drug-likeness (QED) is 0.918. The highest BCUT2D eigenvalue weighted by atomic mass is 19.1. The van der Waals surface area contributed by atoms with Crippen molar-refractivity contribution in [3.05, 3.63) is 35.1 Å². The van der Waals surface area contributed by atoms with Crippen molar-refractivity contribution in [3.63, 3.8) is 0 Å². The van der Waals surface area contributed by atoms with Crippen molar-refractivity contribution in [3.8, 4) is 0 Å². The summed E-state index contributed by atoms with van der Waals surface area (Å²) < 4.78 is 13.1. The van der Waals surface area contributed by atoms with Crippen molar-refractivity contribution >= 4 is 5.91 Å². The van der Waals surface area contributed by atoms with Crippen LogP contribution in [-0.2, 0) is 11.3 Å². The third-order valence-corrected chi connectivity index (χ3v) is 3.89. The Labute approximate surface area is 120 Å². The fourth-order valence-corrected chi connectivity index (χ4v) is 2.72. The number of likely N-dealkylation sites (tertiary alicyclic amines) is 1. The Morgan fingerprint density at radius 2 is 2.30 bits per heavy atom. The molecule has 1 aromatic rings. The lowest BCUT2D eigenvalue weighted by molar-refractivity contribution is -0.121. The average Bonchev–Trinajstić information content (AvgIpc) is 2.42. The Morgan fingerprint density at radius 1 is 1.50 bits per heavy atom. The van der Waals surface area contributed by atoms with Gasteiger partial charge in [0.25, 0.3) is 0 Å². The second-order valence-electron chi connectivity index (χ2n) is 5.57. The van der Waals surface area contributed by atoms with Crippen LogP contribution in [0.25, 0.3) is 0 Å². The molecule has 20 heavy (non-hydrogen) atoms. The number of halogens is 1. The van der Waals surface area contributed by atoms with Crippen molar-refractivity contribution in [2.24, 2.45) is 0 Å². The van der Waals surface area contributed by atoms with E-state index in [0.29, 0.717) is 6.42 Å². The number of hydrogen-bond donors (Lipinski definition) is 1. The molecule has 0 unspecified atom stereocenters. The number of piperidine rings is 1. The number of benzene rings is 1. The first kappa shape index (κ1) is 15.0. The van der Waals surface area contributed by atoms with Crippen molar-refractivity contribution in [1.82, 2.24) is 10.2 Å². The summed E-state index contributed by atoms with van der Waals surface area (Å²) >= 11 is 0. The molecule has 0 bridgehead atoms. The van der Waals surface area contributed by atoms with E-state index in [0.717, 1.165) is 43.6 Å². The summed E-state index contributed by atoms with van der Waals surface area (Å²) in [5, 5.41) is 3.07. The van der Waals surface area contributed by atoms with Crippen LogP contribution in [-0.4, -0.2) is 29.9 Å². The van der Waals surface area contributed by atoms with E-state index in [9.17, 15) is 9.18 Å². The summed E-state index contributed by atoms with van der Waals surface area (Å²) in [6.07, 6.45) is 2.67. The molecule has 0 spiro atoms. The van der Waals surface area contributed by atoms with Crippen LogP contribution in [0, 0.1) is 12.7 Å². The molecule has 1 amide bonds. The fourth-order valence-electron chi connectivity index (χ4n) is 2.72. The molecule has 1 aliphatic rings. The number of hydrogen-bond acceptors (Lipinski definition) is 2. The molecule has 0 aliphatic carbocycles. The van der Waals surface area contributed by atoms with Gasteiger partial charge >= 0.3 is 0 Å². The van der Waals surface area contributed by atoms with Gasteiger partial charge in [-0.25, -0.2) is 4.39 Å². The highest BCUT2D eigenvalue weighted by Gasteiger charge is 2.21. The summed E-state index contributed by atoms with van der Waals surface area (Å²) in [5.41, 5.74) is 2.15. The predicted octanol–water partition coefficient (Wildman–Crippen LogP) is 2.62. The SMILES string of the molecule is CCC(=O)N[C@@H]1CCCN(Cc2ccc(F)cc2C)C1. The van der Waals surface area contributed by atoms with E-state index in [4.69, 9.17) is 0 Å². The minimum absolute atomic E-state index is 0.120. The minimum atomic E-state index is -0.182. The van der Waals surface area contributed by atoms with Crippen LogP contribution in [0.3, 0.4) is 0 Å². The van der Waals surface area contributed by atoms with Gasteiger partial charge < -0.3 is 5.32 Å². The molecule has 1 N–H and O–H groups in total. The lowest BCUT2D eigenvalue weighted by atomic mass is 10.0. The molecule has 0 radical (unpaired) electrons. The molecule has 1 saturated heterocycles. The smallest absolute Gasteiger partial charge is 0.219 e. The summed E-state index contributed by atoms with van der Waals surface area (Å²) in [7, 11) is 0. The minimum Gasteiger partial charge on any atom is -0.352 e. The van der Waals surface area contributed by atoms with E-state index in [2.05, 4.69) is 10.2 Å². The third-order valence-electron chi connectivity index (χ3n) is 3.89. The molecule has 110 valence electrons. The Bertz CT molecular complexity index is 476. The molecular formula is C16H23FN2O. The zero-order valence-corrected chi connectivity index (χ0v) is 12.3. The molecule has 1 aliphatic heterocycles. The highest BCUT2D eigenvalue weighted by Crippen LogP contribution is 2.17. The molecular weight excluding hydrogens is 255 g/mol. The van der Waals surface area contributed by atoms with Crippen molar-refractivity contribution in [1.29, 1.82) is 0 Å². The van der Waals surface area contributed by atoms with Crippen molar-refractivity contribution < 1.29 is 9.18 Å². The number of carbonyl (C=O) groups excluding carboxylic acids is 1. The molecule has 2 rings (SSSR count). The monoisotopic (exact) mass is 278 g/mol. The van der Waals surface area contributed by atoms with Crippen LogP contribution in [0.2, 0.25) is 0 Å². The second-order valence-corrected chi connectivity index (χ2v) is 5.57. The number of amides is 1. The Kier molecular flexibility index (Phi) is 5.12. The maximum absolute atomic E-state index is 13.1. The average molecular weight is 278 g/mol. The van der Waals surface area contributed by atoms with Crippen LogP contribution in [0.15, 0.2) is 18.2 Å². The van der Waals surface area contributed by atoms with Gasteiger partial charge in [-0.3, -0.25) is 9.69 Å². The topological polar surface area (TPSA) is 32.3 Å². The maximum Gasteiger partial charge on any atom is 0.219 e. The molecule has 0 aromatic heterocycles. The van der Waals surface area contributed by atoms with Gasteiger partial charge in [0.2, 0.25) is 5.91 Å². The van der Waals surface area contributed by atoms with Gasteiger partial charge in [0.1, 0.15) is 5.82 Å². The van der Waals surface area contributed by atoms with Gasteiger partial charge in [-0.1, -0.05) is 13.0 Å². The Morgan fingerprint density at radius 3 is 3.00 bits per heavy atom. The highest BCUT2D eigenvalue weighted by molar-refractivity contribution is 5.75.